The van der Waals surface area contributed by atoms with Gasteiger partial charge in [-0.05, 0) is 25.5 Å². The second kappa shape index (κ2) is 9.41. The van der Waals surface area contributed by atoms with Crippen LogP contribution in [0.15, 0.2) is 17.6 Å². The minimum absolute atomic E-state index is 0.102. The fraction of sp³-hybridized carbons (Fsp3) is 0.562. The number of nitrogens with one attached hydrogen (secondary N) is 1. The quantitative estimate of drug-likeness (QED) is 0.380. The van der Waals surface area contributed by atoms with Crippen molar-refractivity contribution < 1.29 is 4.79 Å². The van der Waals surface area contributed by atoms with Crippen LogP contribution in [0.4, 0.5) is 0 Å². The third-order valence-electron chi connectivity index (χ3n) is 3.14. The van der Waals surface area contributed by atoms with E-state index in [1.54, 1.807) is 12.4 Å². The van der Waals surface area contributed by atoms with E-state index in [2.05, 4.69) is 41.0 Å². The van der Waals surface area contributed by atoms with Crippen LogP contribution in [0.5, 0.6) is 0 Å². The lowest BCUT2D eigenvalue weighted by molar-refractivity contribution is -0.122. The molecule has 0 fully saturated rings. The van der Waals surface area contributed by atoms with Crippen molar-refractivity contribution in [3.05, 3.63) is 18.0 Å². The second-order valence-electron chi connectivity index (χ2n) is 5.21. The van der Waals surface area contributed by atoms with E-state index >= 15 is 0 Å². The summed E-state index contributed by atoms with van der Waals surface area (Å²) >= 11 is 1.50. The average Bonchev–Trinajstić information content (AvgIpc) is 2.47. The summed E-state index contributed by atoms with van der Waals surface area (Å²) in [6.45, 7) is 6.22. The van der Waals surface area contributed by atoms with Crippen molar-refractivity contribution in [1.29, 1.82) is 0 Å². The minimum atomic E-state index is 0.102. The van der Waals surface area contributed by atoms with Gasteiger partial charge in [0.15, 0.2) is 5.16 Å². The predicted octanol–water partition coefficient (Wildman–Crippen LogP) is 2.88. The summed E-state index contributed by atoms with van der Waals surface area (Å²) in [5.74, 6) is 6.63. The van der Waals surface area contributed by atoms with Crippen LogP contribution in [0.2, 0.25) is 0 Å². The predicted molar refractivity (Wildman–Crippen MR) is 87.0 cm³/mol. The summed E-state index contributed by atoms with van der Waals surface area (Å²) in [7, 11) is 0. The highest BCUT2D eigenvalue weighted by molar-refractivity contribution is 7.98. The van der Waals surface area contributed by atoms with E-state index in [0.717, 1.165) is 17.1 Å². The van der Waals surface area contributed by atoms with Gasteiger partial charge in [0.1, 0.15) is 0 Å². The Kier molecular flexibility index (Phi) is 7.84. The summed E-state index contributed by atoms with van der Waals surface area (Å²) in [5, 5.41) is 3.74. The molecular formula is C16H23N3OS. The molecule has 5 heteroatoms. The molecule has 1 aromatic heterocycles. The van der Waals surface area contributed by atoms with Gasteiger partial charge >= 0.3 is 0 Å². The zero-order valence-corrected chi connectivity index (χ0v) is 14.0. The number of carbonyl (C=O) groups is 1. The Bertz CT molecular complexity index is 502. The lowest BCUT2D eigenvalue weighted by Crippen LogP contribution is -2.35. The van der Waals surface area contributed by atoms with Crippen LogP contribution in [0.25, 0.3) is 0 Å². The number of rotatable bonds is 6. The van der Waals surface area contributed by atoms with E-state index in [4.69, 9.17) is 0 Å². The highest BCUT2D eigenvalue weighted by Gasteiger charge is 2.09. The zero-order chi connectivity index (χ0) is 15.7. The number of thioether (sulfide) groups is 1. The standard InChI is InChI=1S/C16H23N3OS/c1-12(2)13(3)19-15(20)9-7-5-6-8-14-10-17-16(21-4)18-11-14/h10-13H,5,7,9H2,1-4H3,(H,19,20). The molecule has 4 nitrogen and oxygen atoms in total. The summed E-state index contributed by atoms with van der Waals surface area (Å²) < 4.78 is 0. The molecule has 1 aromatic rings. The lowest BCUT2D eigenvalue weighted by atomic mass is 10.1. The third-order valence-corrected chi connectivity index (χ3v) is 3.71. The first-order valence-corrected chi connectivity index (χ1v) is 8.39. The molecule has 0 radical (unpaired) electrons. The molecule has 21 heavy (non-hydrogen) atoms. The van der Waals surface area contributed by atoms with Crippen molar-refractivity contribution in [2.45, 2.75) is 51.2 Å². The highest BCUT2D eigenvalue weighted by atomic mass is 32.2. The summed E-state index contributed by atoms with van der Waals surface area (Å²) in [6, 6.07) is 0.218. The van der Waals surface area contributed by atoms with Crippen molar-refractivity contribution >= 4 is 17.7 Å². The molecule has 0 bridgehead atoms. The fourth-order valence-electron chi connectivity index (χ4n) is 1.48. The molecule has 1 N–H and O–H groups in total. The number of nitrogens with zero attached hydrogens (tertiary/aromatic N) is 2. The third kappa shape index (κ3) is 7.14. The molecule has 0 saturated heterocycles. The van der Waals surface area contributed by atoms with Crippen molar-refractivity contribution in [2.24, 2.45) is 5.92 Å². The van der Waals surface area contributed by atoms with Crippen molar-refractivity contribution in [3.8, 4) is 11.8 Å². The monoisotopic (exact) mass is 305 g/mol. The number of unbranched alkanes of at least 4 members (excludes halogenated alkanes) is 1. The fourth-order valence-corrected chi connectivity index (χ4v) is 1.80. The van der Waals surface area contributed by atoms with Crippen LogP contribution >= 0.6 is 11.8 Å². The molecule has 1 rings (SSSR count). The molecule has 1 amide bonds. The topological polar surface area (TPSA) is 54.9 Å². The van der Waals surface area contributed by atoms with E-state index in [1.165, 1.54) is 11.8 Å². The van der Waals surface area contributed by atoms with E-state index in [-0.39, 0.29) is 11.9 Å². The first-order chi connectivity index (χ1) is 10.0. The van der Waals surface area contributed by atoms with Crippen LogP contribution in [0.1, 0.15) is 45.6 Å². The molecule has 0 saturated carbocycles. The SMILES string of the molecule is CSc1ncc(C#CCCCC(=O)NC(C)C(C)C)cn1. The number of hydrogen-bond acceptors (Lipinski definition) is 4. The highest BCUT2D eigenvalue weighted by Crippen LogP contribution is 2.06. The number of carbonyl (C=O) groups excluding carboxylic acids is 1. The zero-order valence-electron chi connectivity index (χ0n) is 13.1. The van der Waals surface area contributed by atoms with Gasteiger partial charge in [-0.15, -0.1) is 0 Å². The lowest BCUT2D eigenvalue weighted by Gasteiger charge is -2.17. The molecular weight excluding hydrogens is 282 g/mol. The smallest absolute Gasteiger partial charge is 0.220 e. The molecule has 0 aliphatic heterocycles. The molecule has 0 aliphatic carbocycles. The number of amides is 1. The molecule has 0 aliphatic rings. The maximum Gasteiger partial charge on any atom is 0.220 e. The van der Waals surface area contributed by atoms with E-state index in [0.29, 0.717) is 18.8 Å². The van der Waals surface area contributed by atoms with E-state index in [1.807, 2.05) is 13.2 Å². The van der Waals surface area contributed by atoms with Crippen LogP contribution in [-0.2, 0) is 4.79 Å². The Labute approximate surface area is 131 Å². The Morgan fingerprint density at radius 3 is 2.57 bits per heavy atom. The second-order valence-corrected chi connectivity index (χ2v) is 5.99. The Morgan fingerprint density at radius 1 is 1.33 bits per heavy atom. The first kappa shape index (κ1) is 17.5. The van der Waals surface area contributed by atoms with Crippen LogP contribution in [-0.4, -0.2) is 28.2 Å². The van der Waals surface area contributed by atoms with Gasteiger partial charge in [-0.2, -0.15) is 0 Å². The summed E-state index contributed by atoms with van der Waals surface area (Å²) in [6.07, 6.45) is 7.38. The van der Waals surface area contributed by atoms with E-state index < -0.39 is 0 Å². The van der Waals surface area contributed by atoms with Crippen LogP contribution in [0.3, 0.4) is 0 Å². The van der Waals surface area contributed by atoms with Crippen LogP contribution < -0.4 is 5.32 Å². The van der Waals surface area contributed by atoms with Crippen molar-refractivity contribution in [3.63, 3.8) is 0 Å². The largest absolute Gasteiger partial charge is 0.353 e. The Hall–Kier alpha value is -1.54. The first-order valence-electron chi connectivity index (χ1n) is 7.17. The van der Waals surface area contributed by atoms with Gasteiger partial charge in [-0.1, -0.05) is 37.5 Å². The minimum Gasteiger partial charge on any atom is -0.353 e. The normalized spacial score (nSPS) is 11.7. The molecule has 1 unspecified atom stereocenters. The van der Waals surface area contributed by atoms with Gasteiger partial charge in [-0.3, -0.25) is 4.79 Å². The van der Waals surface area contributed by atoms with Crippen molar-refractivity contribution in [2.75, 3.05) is 6.26 Å². The van der Waals surface area contributed by atoms with Gasteiger partial charge in [-0.25, -0.2) is 9.97 Å². The molecule has 114 valence electrons. The number of hydrogen-bond donors (Lipinski definition) is 1. The molecule has 1 atom stereocenters. The van der Waals surface area contributed by atoms with Gasteiger partial charge < -0.3 is 5.32 Å². The van der Waals surface area contributed by atoms with Gasteiger partial charge in [0.2, 0.25) is 5.91 Å². The van der Waals surface area contributed by atoms with E-state index in [9.17, 15) is 4.79 Å². The summed E-state index contributed by atoms with van der Waals surface area (Å²) in [4.78, 5) is 20.0. The molecule has 0 spiro atoms. The molecule has 0 aromatic carbocycles. The Balaban J connectivity index is 2.27. The van der Waals surface area contributed by atoms with Gasteiger partial charge in [0, 0.05) is 31.3 Å². The molecule has 1 heterocycles. The average molecular weight is 305 g/mol. The maximum absolute atomic E-state index is 11.7. The maximum atomic E-state index is 11.7. The van der Waals surface area contributed by atoms with Crippen molar-refractivity contribution in [1.82, 2.24) is 15.3 Å². The number of aromatic nitrogens is 2. The van der Waals surface area contributed by atoms with Gasteiger partial charge in [0.25, 0.3) is 0 Å². The van der Waals surface area contributed by atoms with Gasteiger partial charge in [0.05, 0.1) is 5.56 Å². The summed E-state index contributed by atoms with van der Waals surface area (Å²) in [5.41, 5.74) is 0.811. The Morgan fingerprint density at radius 2 is 2.00 bits per heavy atom. The van der Waals surface area contributed by atoms with Crippen LogP contribution in [0, 0.1) is 17.8 Å².